The summed E-state index contributed by atoms with van der Waals surface area (Å²) < 4.78 is 5.19. The van der Waals surface area contributed by atoms with Gasteiger partial charge in [0.15, 0.2) is 0 Å². The van der Waals surface area contributed by atoms with Gasteiger partial charge in [-0.3, -0.25) is 4.79 Å². The van der Waals surface area contributed by atoms with E-state index in [4.69, 9.17) is 4.74 Å². The summed E-state index contributed by atoms with van der Waals surface area (Å²) in [4.78, 5) is 11.6. The van der Waals surface area contributed by atoms with Crippen molar-refractivity contribution in [2.45, 2.75) is 31.3 Å². The molecule has 0 aliphatic carbocycles. The standard InChI is InChI=1S/C9H16N2O2/c12-9(8-2-1-4-10-8)11-7-3-5-13-6-7/h7-8,10H,1-6H2,(H,11,12)/t7?,8-/m1/s1. The number of nitrogens with one attached hydrogen (secondary N) is 2. The van der Waals surface area contributed by atoms with Gasteiger partial charge in [-0.2, -0.15) is 0 Å². The molecule has 4 heteroatoms. The van der Waals surface area contributed by atoms with E-state index in [1.807, 2.05) is 0 Å². The molecule has 0 aromatic heterocycles. The minimum Gasteiger partial charge on any atom is -0.379 e. The predicted molar refractivity (Wildman–Crippen MR) is 48.4 cm³/mol. The molecular weight excluding hydrogens is 168 g/mol. The van der Waals surface area contributed by atoms with Gasteiger partial charge >= 0.3 is 0 Å². The summed E-state index contributed by atoms with van der Waals surface area (Å²) in [6.07, 6.45) is 3.04. The van der Waals surface area contributed by atoms with Crippen molar-refractivity contribution in [3.63, 3.8) is 0 Å². The zero-order valence-electron chi connectivity index (χ0n) is 7.71. The van der Waals surface area contributed by atoms with Gasteiger partial charge in [-0.25, -0.2) is 0 Å². The molecular formula is C9H16N2O2. The van der Waals surface area contributed by atoms with Crippen LogP contribution in [0.3, 0.4) is 0 Å². The number of ether oxygens (including phenoxy) is 1. The maximum absolute atomic E-state index is 11.6. The second-order valence-corrected chi connectivity index (χ2v) is 3.72. The van der Waals surface area contributed by atoms with Crippen LogP contribution in [0.5, 0.6) is 0 Å². The number of carbonyl (C=O) groups excluding carboxylic acids is 1. The Morgan fingerprint density at radius 2 is 2.38 bits per heavy atom. The van der Waals surface area contributed by atoms with Crippen LogP contribution in [0.15, 0.2) is 0 Å². The molecule has 2 aliphatic rings. The van der Waals surface area contributed by atoms with E-state index in [1.165, 1.54) is 0 Å². The van der Waals surface area contributed by atoms with Crippen LogP contribution in [-0.4, -0.2) is 37.7 Å². The molecule has 13 heavy (non-hydrogen) atoms. The quantitative estimate of drug-likeness (QED) is 0.616. The minimum atomic E-state index is 0.0422. The lowest BCUT2D eigenvalue weighted by molar-refractivity contribution is -0.123. The van der Waals surface area contributed by atoms with Crippen molar-refractivity contribution in [3.8, 4) is 0 Å². The van der Waals surface area contributed by atoms with Gasteiger partial charge in [-0.1, -0.05) is 0 Å². The molecule has 2 aliphatic heterocycles. The Morgan fingerprint density at radius 1 is 1.46 bits per heavy atom. The van der Waals surface area contributed by atoms with E-state index in [-0.39, 0.29) is 18.0 Å². The minimum absolute atomic E-state index is 0.0422. The van der Waals surface area contributed by atoms with Crippen LogP contribution in [0.2, 0.25) is 0 Å². The summed E-state index contributed by atoms with van der Waals surface area (Å²) in [6.45, 7) is 2.43. The maximum atomic E-state index is 11.6. The van der Waals surface area contributed by atoms with E-state index >= 15 is 0 Å². The highest BCUT2D eigenvalue weighted by atomic mass is 16.5. The fourth-order valence-electron chi connectivity index (χ4n) is 1.86. The Morgan fingerprint density at radius 3 is 3.00 bits per heavy atom. The highest BCUT2D eigenvalue weighted by Crippen LogP contribution is 2.07. The Kier molecular flexibility index (Phi) is 2.80. The molecule has 0 radical (unpaired) electrons. The SMILES string of the molecule is O=C(NC1CCOC1)[C@H]1CCCN1. The summed E-state index contributed by atoms with van der Waals surface area (Å²) in [5, 5.41) is 6.17. The third-order valence-electron chi connectivity index (χ3n) is 2.65. The first-order valence-corrected chi connectivity index (χ1v) is 4.98. The van der Waals surface area contributed by atoms with Crippen LogP contribution in [0, 0.1) is 0 Å². The molecule has 2 heterocycles. The number of carbonyl (C=O) groups is 1. The molecule has 2 saturated heterocycles. The summed E-state index contributed by atoms with van der Waals surface area (Å²) >= 11 is 0. The largest absolute Gasteiger partial charge is 0.379 e. The molecule has 2 rings (SSSR count). The fourth-order valence-corrected chi connectivity index (χ4v) is 1.86. The lowest BCUT2D eigenvalue weighted by Crippen LogP contribution is -2.45. The van der Waals surface area contributed by atoms with Crippen molar-refractivity contribution in [3.05, 3.63) is 0 Å². The first-order valence-electron chi connectivity index (χ1n) is 4.98. The number of hydrogen-bond donors (Lipinski definition) is 2. The van der Waals surface area contributed by atoms with E-state index in [0.29, 0.717) is 6.61 Å². The normalized spacial score (nSPS) is 33.5. The van der Waals surface area contributed by atoms with Gasteiger partial charge in [0.1, 0.15) is 0 Å². The smallest absolute Gasteiger partial charge is 0.237 e. The first kappa shape index (κ1) is 8.97. The Bertz CT molecular complexity index is 184. The second kappa shape index (κ2) is 4.07. The molecule has 1 amide bonds. The number of amides is 1. The second-order valence-electron chi connectivity index (χ2n) is 3.72. The van der Waals surface area contributed by atoms with Crippen LogP contribution < -0.4 is 10.6 Å². The van der Waals surface area contributed by atoms with Crippen LogP contribution in [0.4, 0.5) is 0 Å². The molecule has 0 bridgehead atoms. The monoisotopic (exact) mass is 184 g/mol. The zero-order valence-corrected chi connectivity index (χ0v) is 7.71. The van der Waals surface area contributed by atoms with E-state index in [1.54, 1.807) is 0 Å². The van der Waals surface area contributed by atoms with Gasteiger partial charge in [-0.05, 0) is 25.8 Å². The maximum Gasteiger partial charge on any atom is 0.237 e. The van der Waals surface area contributed by atoms with E-state index in [9.17, 15) is 4.79 Å². The zero-order chi connectivity index (χ0) is 9.10. The van der Waals surface area contributed by atoms with E-state index < -0.39 is 0 Å². The van der Waals surface area contributed by atoms with Crippen molar-refractivity contribution >= 4 is 5.91 Å². The third-order valence-corrected chi connectivity index (χ3v) is 2.65. The van der Waals surface area contributed by atoms with Crippen LogP contribution in [-0.2, 0) is 9.53 Å². The fraction of sp³-hybridized carbons (Fsp3) is 0.889. The van der Waals surface area contributed by atoms with E-state index in [2.05, 4.69) is 10.6 Å². The average Bonchev–Trinajstić information content (AvgIpc) is 2.74. The molecule has 0 aromatic rings. The van der Waals surface area contributed by atoms with Crippen LogP contribution >= 0.6 is 0 Å². The highest BCUT2D eigenvalue weighted by Gasteiger charge is 2.25. The number of rotatable bonds is 2. The van der Waals surface area contributed by atoms with Crippen molar-refractivity contribution in [1.82, 2.24) is 10.6 Å². The van der Waals surface area contributed by atoms with Gasteiger partial charge in [-0.15, -0.1) is 0 Å². The number of hydrogen-bond acceptors (Lipinski definition) is 3. The molecule has 2 N–H and O–H groups in total. The molecule has 0 aromatic carbocycles. The first-order chi connectivity index (χ1) is 6.36. The van der Waals surface area contributed by atoms with Crippen molar-refractivity contribution in [2.24, 2.45) is 0 Å². The van der Waals surface area contributed by atoms with Gasteiger partial charge < -0.3 is 15.4 Å². The molecule has 4 nitrogen and oxygen atoms in total. The topological polar surface area (TPSA) is 50.4 Å². The lowest BCUT2D eigenvalue weighted by atomic mass is 10.2. The van der Waals surface area contributed by atoms with Gasteiger partial charge in [0.05, 0.1) is 18.7 Å². The summed E-state index contributed by atoms with van der Waals surface area (Å²) in [6, 6.07) is 0.287. The summed E-state index contributed by atoms with van der Waals surface area (Å²) in [7, 11) is 0. The molecule has 1 unspecified atom stereocenters. The molecule has 0 saturated carbocycles. The lowest BCUT2D eigenvalue weighted by Gasteiger charge is -2.14. The molecule has 2 fully saturated rings. The van der Waals surface area contributed by atoms with Crippen molar-refractivity contribution in [1.29, 1.82) is 0 Å². The van der Waals surface area contributed by atoms with Crippen molar-refractivity contribution < 1.29 is 9.53 Å². The van der Waals surface area contributed by atoms with Crippen molar-refractivity contribution in [2.75, 3.05) is 19.8 Å². The van der Waals surface area contributed by atoms with Crippen LogP contribution in [0.25, 0.3) is 0 Å². The Balaban J connectivity index is 1.76. The van der Waals surface area contributed by atoms with Gasteiger partial charge in [0.25, 0.3) is 0 Å². The predicted octanol–water partition coefficient (Wildman–Crippen LogP) is -0.357. The summed E-state index contributed by atoms with van der Waals surface area (Å²) in [5.74, 6) is 0.146. The molecule has 74 valence electrons. The van der Waals surface area contributed by atoms with Gasteiger partial charge in [0.2, 0.25) is 5.91 Å². The van der Waals surface area contributed by atoms with Crippen LogP contribution in [0.1, 0.15) is 19.3 Å². The van der Waals surface area contributed by atoms with Gasteiger partial charge in [0, 0.05) is 6.61 Å². The molecule has 2 atom stereocenters. The summed E-state index contributed by atoms with van der Waals surface area (Å²) in [5.41, 5.74) is 0. The average molecular weight is 184 g/mol. The highest BCUT2D eigenvalue weighted by molar-refractivity contribution is 5.82. The Labute approximate surface area is 78.0 Å². The molecule has 0 spiro atoms. The Hall–Kier alpha value is -0.610. The third kappa shape index (κ3) is 2.19. The van der Waals surface area contributed by atoms with E-state index in [0.717, 1.165) is 32.4 Å².